The average Bonchev–Trinajstić information content (AvgIpc) is 2.63. The third kappa shape index (κ3) is 4.30. The van der Waals surface area contributed by atoms with Crippen LogP contribution in [0.1, 0.15) is 47.3 Å². The molecule has 5 nitrogen and oxygen atoms in total. The van der Waals surface area contributed by atoms with Gasteiger partial charge in [0.15, 0.2) is 0 Å². The summed E-state index contributed by atoms with van der Waals surface area (Å²) in [7, 11) is 0. The molecule has 1 aromatic heterocycles. The number of aromatic nitrogens is 1. The van der Waals surface area contributed by atoms with Gasteiger partial charge in [-0.2, -0.15) is 0 Å². The molecule has 1 aliphatic heterocycles. The molecule has 0 saturated carbocycles. The number of hydrogen-bond donors (Lipinski definition) is 1. The van der Waals surface area contributed by atoms with Crippen molar-refractivity contribution in [2.45, 2.75) is 46.8 Å². The lowest BCUT2D eigenvalue weighted by atomic mass is 9.79. The number of benzene rings is 1. The SMILES string of the molecule is Cc1cc(C(=O)N2CCC(N)C(C)(C)C2)cc(C)c1OCc1cccnc1. The lowest BCUT2D eigenvalue weighted by Crippen LogP contribution is -2.54. The number of rotatable bonds is 4. The first kappa shape index (κ1) is 19.4. The lowest BCUT2D eigenvalue weighted by molar-refractivity contribution is 0.0533. The molecule has 5 heteroatoms. The van der Waals surface area contributed by atoms with Crippen LogP contribution >= 0.6 is 0 Å². The van der Waals surface area contributed by atoms with Crippen LogP contribution in [0.25, 0.3) is 0 Å². The molecule has 1 unspecified atom stereocenters. The molecule has 2 aromatic rings. The van der Waals surface area contributed by atoms with E-state index in [-0.39, 0.29) is 17.4 Å². The van der Waals surface area contributed by atoms with Crippen molar-refractivity contribution in [3.63, 3.8) is 0 Å². The van der Waals surface area contributed by atoms with Crippen LogP contribution in [0, 0.1) is 19.3 Å². The Balaban J connectivity index is 1.75. The number of pyridine rings is 1. The van der Waals surface area contributed by atoms with Gasteiger partial charge in [0.2, 0.25) is 0 Å². The fourth-order valence-electron chi connectivity index (χ4n) is 3.67. The maximum absolute atomic E-state index is 13.0. The fourth-order valence-corrected chi connectivity index (χ4v) is 3.67. The Hall–Kier alpha value is -2.40. The molecule has 0 spiro atoms. The summed E-state index contributed by atoms with van der Waals surface area (Å²) in [6.07, 6.45) is 4.38. The second-order valence-corrected chi connectivity index (χ2v) is 8.20. The van der Waals surface area contributed by atoms with Crippen molar-refractivity contribution >= 4 is 5.91 Å². The number of amides is 1. The van der Waals surface area contributed by atoms with Gasteiger partial charge in [-0.1, -0.05) is 19.9 Å². The second-order valence-electron chi connectivity index (χ2n) is 8.20. The Bertz CT molecular complexity index is 795. The molecular weight excluding hydrogens is 338 g/mol. The predicted molar refractivity (Wildman–Crippen MR) is 107 cm³/mol. The minimum Gasteiger partial charge on any atom is -0.488 e. The largest absolute Gasteiger partial charge is 0.488 e. The summed E-state index contributed by atoms with van der Waals surface area (Å²) in [4.78, 5) is 19.1. The number of nitrogens with zero attached hydrogens (tertiary/aromatic N) is 2. The first-order chi connectivity index (χ1) is 12.8. The van der Waals surface area contributed by atoms with Gasteiger partial charge in [0, 0.05) is 42.7 Å². The number of ether oxygens (including phenoxy) is 1. The lowest BCUT2D eigenvalue weighted by Gasteiger charge is -2.42. The van der Waals surface area contributed by atoms with Crippen molar-refractivity contribution in [3.8, 4) is 5.75 Å². The minimum absolute atomic E-state index is 0.0647. The van der Waals surface area contributed by atoms with Crippen LogP contribution in [-0.4, -0.2) is 34.9 Å². The van der Waals surface area contributed by atoms with Crippen LogP contribution in [0.3, 0.4) is 0 Å². The highest BCUT2D eigenvalue weighted by molar-refractivity contribution is 5.95. The molecule has 0 bridgehead atoms. The van der Waals surface area contributed by atoms with E-state index in [1.165, 1.54) is 0 Å². The molecule has 144 valence electrons. The first-order valence-corrected chi connectivity index (χ1v) is 9.46. The molecule has 2 N–H and O–H groups in total. The number of carbonyl (C=O) groups is 1. The minimum atomic E-state index is -0.0647. The molecule has 27 heavy (non-hydrogen) atoms. The van der Waals surface area contributed by atoms with Crippen molar-refractivity contribution in [2.75, 3.05) is 13.1 Å². The Morgan fingerprint density at radius 2 is 2.04 bits per heavy atom. The quantitative estimate of drug-likeness (QED) is 0.898. The van der Waals surface area contributed by atoms with Crippen LogP contribution < -0.4 is 10.5 Å². The van der Waals surface area contributed by atoms with E-state index in [0.29, 0.717) is 25.3 Å². The molecule has 0 radical (unpaired) electrons. The number of hydrogen-bond acceptors (Lipinski definition) is 4. The van der Waals surface area contributed by atoms with Crippen LogP contribution in [0.5, 0.6) is 5.75 Å². The molecule has 1 amide bonds. The highest BCUT2D eigenvalue weighted by Gasteiger charge is 2.35. The van der Waals surface area contributed by atoms with Crippen LogP contribution in [-0.2, 0) is 6.61 Å². The van der Waals surface area contributed by atoms with Crippen molar-refractivity contribution in [2.24, 2.45) is 11.1 Å². The highest BCUT2D eigenvalue weighted by Crippen LogP contribution is 2.30. The molecular formula is C22H29N3O2. The van der Waals surface area contributed by atoms with Crippen LogP contribution in [0.2, 0.25) is 0 Å². The smallest absolute Gasteiger partial charge is 0.253 e. The molecule has 1 aliphatic rings. The topological polar surface area (TPSA) is 68.5 Å². The van der Waals surface area contributed by atoms with Crippen LogP contribution in [0.15, 0.2) is 36.7 Å². The van der Waals surface area contributed by atoms with Crippen molar-refractivity contribution < 1.29 is 9.53 Å². The van der Waals surface area contributed by atoms with E-state index in [2.05, 4.69) is 18.8 Å². The maximum atomic E-state index is 13.0. The molecule has 1 aromatic carbocycles. The Kier molecular flexibility index (Phi) is 5.51. The average molecular weight is 367 g/mol. The summed E-state index contributed by atoms with van der Waals surface area (Å²) in [5, 5.41) is 0. The van der Waals surface area contributed by atoms with Crippen molar-refractivity contribution in [3.05, 3.63) is 58.9 Å². The molecule has 1 fully saturated rings. The second kappa shape index (κ2) is 7.69. The van der Waals surface area contributed by atoms with E-state index in [1.807, 2.05) is 43.0 Å². The van der Waals surface area contributed by atoms with E-state index in [9.17, 15) is 4.79 Å². The zero-order valence-corrected chi connectivity index (χ0v) is 16.7. The third-order valence-corrected chi connectivity index (χ3v) is 5.41. The van der Waals surface area contributed by atoms with Gasteiger partial charge >= 0.3 is 0 Å². The van der Waals surface area contributed by atoms with Gasteiger partial charge in [-0.3, -0.25) is 9.78 Å². The zero-order chi connectivity index (χ0) is 19.6. The van der Waals surface area contributed by atoms with Crippen molar-refractivity contribution in [1.82, 2.24) is 9.88 Å². The van der Waals surface area contributed by atoms with Gasteiger partial charge in [0.05, 0.1) is 0 Å². The van der Waals surface area contributed by atoms with Crippen molar-refractivity contribution in [1.29, 1.82) is 0 Å². The summed E-state index contributed by atoms with van der Waals surface area (Å²) < 4.78 is 6.00. The summed E-state index contributed by atoms with van der Waals surface area (Å²) in [6, 6.07) is 7.86. The number of carbonyl (C=O) groups excluding carboxylic acids is 1. The first-order valence-electron chi connectivity index (χ1n) is 9.46. The highest BCUT2D eigenvalue weighted by atomic mass is 16.5. The number of aryl methyl sites for hydroxylation is 2. The van der Waals surface area contributed by atoms with Gasteiger partial charge in [-0.25, -0.2) is 0 Å². The van der Waals surface area contributed by atoms with Gasteiger partial charge < -0.3 is 15.4 Å². The summed E-state index contributed by atoms with van der Waals surface area (Å²) >= 11 is 0. The van der Waals surface area contributed by atoms with E-state index in [1.54, 1.807) is 12.4 Å². The van der Waals surface area contributed by atoms with E-state index >= 15 is 0 Å². The normalized spacial score (nSPS) is 19.0. The summed E-state index contributed by atoms with van der Waals surface area (Å²) in [6.45, 7) is 10.1. The maximum Gasteiger partial charge on any atom is 0.253 e. The predicted octanol–water partition coefficient (Wildman–Crippen LogP) is 3.48. The van der Waals surface area contributed by atoms with E-state index in [4.69, 9.17) is 10.5 Å². The summed E-state index contributed by atoms with van der Waals surface area (Å²) in [5.41, 5.74) is 9.80. The molecule has 3 rings (SSSR count). The Morgan fingerprint density at radius 1 is 1.33 bits per heavy atom. The summed E-state index contributed by atoms with van der Waals surface area (Å²) in [5.74, 6) is 0.899. The zero-order valence-electron chi connectivity index (χ0n) is 16.7. The fraction of sp³-hybridized carbons (Fsp3) is 0.455. The third-order valence-electron chi connectivity index (χ3n) is 5.41. The molecule has 1 atom stereocenters. The van der Waals surface area contributed by atoms with Gasteiger partial charge in [-0.05, 0) is 55.0 Å². The number of likely N-dealkylation sites (tertiary alicyclic amines) is 1. The Morgan fingerprint density at radius 3 is 2.63 bits per heavy atom. The monoisotopic (exact) mass is 367 g/mol. The molecule has 2 heterocycles. The number of piperidine rings is 1. The van der Waals surface area contributed by atoms with Gasteiger partial charge in [0.1, 0.15) is 12.4 Å². The van der Waals surface area contributed by atoms with Gasteiger partial charge in [-0.15, -0.1) is 0 Å². The molecule has 1 saturated heterocycles. The van der Waals surface area contributed by atoms with E-state index in [0.717, 1.165) is 28.9 Å². The van der Waals surface area contributed by atoms with Crippen LogP contribution in [0.4, 0.5) is 0 Å². The Labute approximate surface area is 161 Å². The standard InChI is InChI=1S/C22H29N3O2/c1-15-10-18(21(26)25-9-7-19(23)22(3,4)14-25)11-16(2)20(15)27-13-17-6-5-8-24-12-17/h5-6,8,10-12,19H,7,9,13-14,23H2,1-4H3. The number of nitrogens with two attached hydrogens (primary N) is 1. The van der Waals surface area contributed by atoms with E-state index < -0.39 is 0 Å². The molecule has 0 aliphatic carbocycles. The van der Waals surface area contributed by atoms with Gasteiger partial charge in [0.25, 0.3) is 5.91 Å².